The van der Waals surface area contributed by atoms with Crippen molar-refractivity contribution in [2.75, 3.05) is 11.9 Å². The summed E-state index contributed by atoms with van der Waals surface area (Å²) in [6.45, 7) is 6.18. The van der Waals surface area contributed by atoms with E-state index in [4.69, 9.17) is 19.3 Å². The number of pyridine rings is 1. The molecule has 4 rings (SSSR count). The van der Waals surface area contributed by atoms with Gasteiger partial charge in [-0.1, -0.05) is 0 Å². The first kappa shape index (κ1) is 19.7. The van der Waals surface area contributed by atoms with E-state index in [1.807, 2.05) is 31.6 Å². The Kier molecular flexibility index (Phi) is 5.45. The largest absolute Gasteiger partial charge is 0.453 e. The molecular weight excluding hydrogens is 372 g/mol. The van der Waals surface area contributed by atoms with Gasteiger partial charge in [-0.25, -0.2) is 9.78 Å². The maximum absolute atomic E-state index is 12.0. The van der Waals surface area contributed by atoms with Crippen LogP contribution in [0.3, 0.4) is 0 Å². The van der Waals surface area contributed by atoms with Crippen molar-refractivity contribution in [2.45, 2.75) is 70.6 Å². The highest BCUT2D eigenvalue weighted by Crippen LogP contribution is 2.40. The minimum atomic E-state index is -0.579. The maximum atomic E-state index is 12.0. The third kappa shape index (κ3) is 5.26. The van der Waals surface area contributed by atoms with Gasteiger partial charge in [-0.05, 0) is 58.9 Å². The van der Waals surface area contributed by atoms with Crippen LogP contribution in [0.25, 0.3) is 0 Å². The van der Waals surface area contributed by atoms with Crippen LogP contribution in [0.15, 0.2) is 24.5 Å². The fraction of sp³-hybridized carbons (Fsp3) is 0.571. The Labute approximate surface area is 170 Å². The molecule has 0 bridgehead atoms. The molecule has 8 heteroatoms. The lowest BCUT2D eigenvalue weighted by molar-refractivity contribution is 0.0109. The first-order valence-corrected chi connectivity index (χ1v) is 10.2. The van der Waals surface area contributed by atoms with Crippen LogP contribution < -0.4 is 10.1 Å². The van der Waals surface area contributed by atoms with Crippen molar-refractivity contribution < 1.29 is 19.0 Å². The SMILES string of the molecule is CC(C)(C)OC(=O)Nc1cc(Oc2cn(C3CC3)nc2C2CCCCO2)ccn1. The molecule has 0 aromatic carbocycles. The first-order valence-electron chi connectivity index (χ1n) is 10.2. The number of amides is 1. The van der Waals surface area contributed by atoms with Gasteiger partial charge >= 0.3 is 6.09 Å². The van der Waals surface area contributed by atoms with Crippen LogP contribution in [0.5, 0.6) is 11.5 Å². The molecule has 29 heavy (non-hydrogen) atoms. The Morgan fingerprint density at radius 1 is 1.28 bits per heavy atom. The topological polar surface area (TPSA) is 87.5 Å². The molecule has 156 valence electrons. The average molecular weight is 400 g/mol. The molecule has 3 heterocycles. The van der Waals surface area contributed by atoms with Gasteiger partial charge in [0.25, 0.3) is 0 Å². The molecule has 1 saturated carbocycles. The number of nitrogens with zero attached hydrogens (tertiary/aromatic N) is 3. The van der Waals surface area contributed by atoms with E-state index in [0.29, 0.717) is 23.4 Å². The van der Waals surface area contributed by atoms with E-state index in [2.05, 4.69) is 10.3 Å². The summed E-state index contributed by atoms with van der Waals surface area (Å²) in [6, 6.07) is 3.88. The van der Waals surface area contributed by atoms with Gasteiger partial charge in [0.1, 0.15) is 29.0 Å². The molecule has 0 spiro atoms. The van der Waals surface area contributed by atoms with E-state index in [9.17, 15) is 4.79 Å². The number of nitrogens with one attached hydrogen (secondary N) is 1. The predicted molar refractivity (Wildman–Crippen MR) is 107 cm³/mol. The lowest BCUT2D eigenvalue weighted by Crippen LogP contribution is -2.27. The van der Waals surface area contributed by atoms with Gasteiger partial charge in [0, 0.05) is 18.9 Å². The van der Waals surface area contributed by atoms with Crippen molar-refractivity contribution >= 4 is 11.9 Å². The third-order valence-electron chi connectivity index (χ3n) is 4.72. The first-order chi connectivity index (χ1) is 13.9. The van der Waals surface area contributed by atoms with Crippen LogP contribution in [0.2, 0.25) is 0 Å². The van der Waals surface area contributed by atoms with Crippen molar-refractivity contribution in [3.8, 4) is 11.5 Å². The molecule has 1 atom stereocenters. The zero-order valence-electron chi connectivity index (χ0n) is 17.2. The van der Waals surface area contributed by atoms with Crippen LogP contribution >= 0.6 is 0 Å². The summed E-state index contributed by atoms with van der Waals surface area (Å²) in [4.78, 5) is 16.2. The molecule has 0 radical (unpaired) electrons. The molecule has 2 aromatic rings. The highest BCUT2D eigenvalue weighted by Gasteiger charge is 2.30. The summed E-state index contributed by atoms with van der Waals surface area (Å²) in [6.07, 6.45) is 8.38. The Morgan fingerprint density at radius 2 is 2.10 bits per heavy atom. The van der Waals surface area contributed by atoms with Crippen molar-refractivity contribution in [3.63, 3.8) is 0 Å². The molecular formula is C21H28N4O4. The second-order valence-corrected chi connectivity index (χ2v) is 8.55. The highest BCUT2D eigenvalue weighted by atomic mass is 16.6. The highest BCUT2D eigenvalue weighted by molar-refractivity contribution is 5.83. The van der Waals surface area contributed by atoms with E-state index in [1.54, 1.807) is 18.3 Å². The van der Waals surface area contributed by atoms with E-state index in [1.165, 1.54) is 0 Å². The Hall–Kier alpha value is -2.61. The number of anilines is 1. The Morgan fingerprint density at radius 3 is 2.79 bits per heavy atom. The van der Waals surface area contributed by atoms with Gasteiger partial charge in [-0.2, -0.15) is 5.10 Å². The van der Waals surface area contributed by atoms with Gasteiger partial charge in [-0.15, -0.1) is 0 Å². The minimum absolute atomic E-state index is 0.0417. The van der Waals surface area contributed by atoms with Crippen molar-refractivity contribution in [2.24, 2.45) is 0 Å². The maximum Gasteiger partial charge on any atom is 0.413 e. The summed E-state index contributed by atoms with van der Waals surface area (Å²) in [5.74, 6) is 1.62. The molecule has 1 aliphatic carbocycles. The van der Waals surface area contributed by atoms with Gasteiger partial charge in [-0.3, -0.25) is 10.00 Å². The molecule has 1 aliphatic heterocycles. The quantitative estimate of drug-likeness (QED) is 0.760. The molecule has 1 amide bonds. The van der Waals surface area contributed by atoms with E-state index >= 15 is 0 Å². The van der Waals surface area contributed by atoms with Gasteiger partial charge in [0.15, 0.2) is 5.75 Å². The fourth-order valence-electron chi connectivity index (χ4n) is 3.25. The average Bonchev–Trinajstić information content (AvgIpc) is 3.42. The predicted octanol–water partition coefficient (Wildman–Crippen LogP) is 4.99. The zero-order chi connectivity index (χ0) is 20.4. The lowest BCUT2D eigenvalue weighted by Gasteiger charge is -2.21. The number of ether oxygens (including phenoxy) is 3. The molecule has 1 saturated heterocycles. The van der Waals surface area contributed by atoms with Crippen LogP contribution in [-0.2, 0) is 9.47 Å². The molecule has 2 aromatic heterocycles. The van der Waals surface area contributed by atoms with Crippen molar-refractivity contribution in [1.29, 1.82) is 0 Å². The smallest absolute Gasteiger partial charge is 0.413 e. The Bertz CT molecular complexity index is 864. The molecule has 1 unspecified atom stereocenters. The summed E-state index contributed by atoms with van der Waals surface area (Å²) in [5, 5.41) is 7.40. The number of carbonyl (C=O) groups is 1. The Balaban J connectivity index is 1.50. The van der Waals surface area contributed by atoms with Crippen molar-refractivity contribution in [1.82, 2.24) is 14.8 Å². The van der Waals surface area contributed by atoms with Crippen LogP contribution in [-0.4, -0.2) is 33.1 Å². The van der Waals surface area contributed by atoms with Gasteiger partial charge < -0.3 is 14.2 Å². The third-order valence-corrected chi connectivity index (χ3v) is 4.72. The number of hydrogen-bond acceptors (Lipinski definition) is 6. The summed E-state index contributed by atoms with van der Waals surface area (Å²) < 4.78 is 19.3. The number of rotatable bonds is 5. The van der Waals surface area contributed by atoms with Crippen LogP contribution in [0, 0.1) is 0 Å². The lowest BCUT2D eigenvalue weighted by atomic mass is 10.1. The van der Waals surface area contributed by atoms with Crippen LogP contribution in [0.4, 0.5) is 10.6 Å². The summed E-state index contributed by atoms with van der Waals surface area (Å²) >= 11 is 0. The van der Waals surface area contributed by atoms with Gasteiger partial charge in [0.05, 0.1) is 12.2 Å². The second-order valence-electron chi connectivity index (χ2n) is 8.55. The van der Waals surface area contributed by atoms with E-state index < -0.39 is 11.7 Å². The van der Waals surface area contributed by atoms with E-state index in [0.717, 1.165) is 44.4 Å². The summed E-state index contributed by atoms with van der Waals surface area (Å²) in [7, 11) is 0. The van der Waals surface area contributed by atoms with Crippen LogP contribution in [0.1, 0.15) is 70.7 Å². The molecule has 8 nitrogen and oxygen atoms in total. The number of hydrogen-bond donors (Lipinski definition) is 1. The minimum Gasteiger partial charge on any atom is -0.453 e. The number of aromatic nitrogens is 3. The van der Waals surface area contributed by atoms with Crippen molar-refractivity contribution in [3.05, 3.63) is 30.2 Å². The normalized spacial score (nSPS) is 19.6. The second kappa shape index (κ2) is 8.02. The fourth-order valence-corrected chi connectivity index (χ4v) is 3.25. The number of carbonyl (C=O) groups excluding carboxylic acids is 1. The standard InChI is InChI=1S/C21H28N4O4/c1-21(2,3)29-20(26)23-18-12-15(9-10-22-18)28-17-13-25(14-7-8-14)24-19(17)16-6-4-5-11-27-16/h9-10,12-14,16H,4-8,11H2,1-3H3,(H,22,23,26). The molecule has 1 N–H and O–H groups in total. The monoisotopic (exact) mass is 400 g/mol. The molecule has 2 aliphatic rings. The summed E-state index contributed by atoms with van der Waals surface area (Å²) in [5.41, 5.74) is 0.264. The van der Waals surface area contributed by atoms with Gasteiger partial charge in [0.2, 0.25) is 0 Å². The van der Waals surface area contributed by atoms with E-state index in [-0.39, 0.29) is 6.10 Å². The molecule has 2 fully saturated rings. The zero-order valence-corrected chi connectivity index (χ0v) is 17.2.